The number of nitrogens with zero attached hydrogens (tertiary/aromatic N) is 1. The van der Waals surface area contributed by atoms with Crippen molar-refractivity contribution in [1.29, 1.82) is 0 Å². The van der Waals surface area contributed by atoms with Crippen LogP contribution in [0.1, 0.15) is 36.2 Å². The van der Waals surface area contributed by atoms with Gasteiger partial charge in [-0.1, -0.05) is 19.1 Å². The molecule has 1 atom stereocenters. The fourth-order valence-corrected chi connectivity index (χ4v) is 4.29. The van der Waals surface area contributed by atoms with Crippen molar-refractivity contribution in [3.63, 3.8) is 0 Å². The maximum absolute atomic E-state index is 9.92. The molecule has 1 aliphatic heterocycles. The number of thiophene rings is 1. The van der Waals surface area contributed by atoms with E-state index in [0.29, 0.717) is 11.8 Å². The van der Waals surface area contributed by atoms with Crippen molar-refractivity contribution in [2.45, 2.75) is 32.4 Å². The van der Waals surface area contributed by atoms with Crippen LogP contribution in [0.3, 0.4) is 0 Å². The fraction of sp³-hybridized carbons (Fsp3) is 0.500. The number of piperidine rings is 1. The summed E-state index contributed by atoms with van der Waals surface area (Å²) >= 11 is 1.84. The van der Waals surface area contributed by atoms with Gasteiger partial charge < -0.3 is 15.2 Å². The number of likely N-dealkylation sites (tertiary alicyclic amines) is 1. The molecule has 0 unspecified atom stereocenters. The molecule has 2 N–H and O–H groups in total. The number of phenols is 1. The Balaban J connectivity index is 1.60. The summed E-state index contributed by atoms with van der Waals surface area (Å²) in [5.74, 6) is 1.56. The van der Waals surface area contributed by atoms with Crippen molar-refractivity contribution in [2.24, 2.45) is 5.92 Å². The predicted molar refractivity (Wildman–Crippen MR) is 103 cm³/mol. The summed E-state index contributed by atoms with van der Waals surface area (Å²) < 4.78 is 5.10. The van der Waals surface area contributed by atoms with E-state index in [0.717, 1.165) is 24.6 Å². The zero-order valence-electron chi connectivity index (χ0n) is 15.1. The lowest BCUT2D eigenvalue weighted by atomic mass is 9.97. The highest BCUT2D eigenvalue weighted by Gasteiger charge is 2.25. The molecule has 2 heterocycles. The van der Waals surface area contributed by atoms with Crippen molar-refractivity contribution in [3.8, 4) is 11.5 Å². The van der Waals surface area contributed by atoms with E-state index >= 15 is 0 Å². The van der Waals surface area contributed by atoms with Crippen molar-refractivity contribution >= 4 is 11.3 Å². The second kappa shape index (κ2) is 8.70. The first-order chi connectivity index (χ1) is 12.2. The lowest BCUT2D eigenvalue weighted by Crippen LogP contribution is -2.40. The number of methoxy groups -OCH3 is 1. The normalized spacial score (nSPS) is 17.5. The summed E-state index contributed by atoms with van der Waals surface area (Å²) in [5.41, 5.74) is 1.07. The van der Waals surface area contributed by atoms with Gasteiger partial charge in [0.25, 0.3) is 0 Å². The molecule has 1 aromatic carbocycles. The van der Waals surface area contributed by atoms with Crippen LogP contribution in [0.25, 0.3) is 0 Å². The minimum Gasteiger partial charge on any atom is -0.504 e. The van der Waals surface area contributed by atoms with E-state index in [1.165, 1.54) is 30.8 Å². The largest absolute Gasteiger partial charge is 0.504 e. The van der Waals surface area contributed by atoms with Crippen LogP contribution in [-0.4, -0.2) is 36.8 Å². The summed E-state index contributed by atoms with van der Waals surface area (Å²) in [6, 6.07) is 10.4. The van der Waals surface area contributed by atoms with Crippen molar-refractivity contribution in [1.82, 2.24) is 10.2 Å². The molecule has 5 heteroatoms. The molecule has 0 bridgehead atoms. The second-order valence-electron chi connectivity index (χ2n) is 6.89. The van der Waals surface area contributed by atoms with Crippen LogP contribution in [0, 0.1) is 5.92 Å². The highest BCUT2D eigenvalue weighted by atomic mass is 32.1. The van der Waals surface area contributed by atoms with Gasteiger partial charge in [0.2, 0.25) is 0 Å². The number of ether oxygens (including phenoxy) is 1. The Labute approximate surface area is 154 Å². The molecule has 0 spiro atoms. The lowest BCUT2D eigenvalue weighted by molar-refractivity contribution is 0.137. The number of aromatic hydroxyl groups is 1. The van der Waals surface area contributed by atoms with Crippen LogP contribution in [0.4, 0.5) is 0 Å². The predicted octanol–water partition coefficient (Wildman–Crippen LogP) is 4.03. The molecule has 1 aliphatic rings. The van der Waals surface area contributed by atoms with Crippen molar-refractivity contribution < 1.29 is 9.84 Å². The van der Waals surface area contributed by atoms with Gasteiger partial charge in [-0.2, -0.15) is 0 Å². The molecule has 1 aromatic heterocycles. The zero-order valence-corrected chi connectivity index (χ0v) is 15.9. The number of benzene rings is 1. The molecule has 25 heavy (non-hydrogen) atoms. The topological polar surface area (TPSA) is 44.7 Å². The van der Waals surface area contributed by atoms with E-state index in [1.807, 2.05) is 23.5 Å². The first-order valence-electron chi connectivity index (χ1n) is 9.01. The van der Waals surface area contributed by atoms with Gasteiger partial charge in [-0.25, -0.2) is 0 Å². The monoisotopic (exact) mass is 360 g/mol. The van der Waals surface area contributed by atoms with Crippen molar-refractivity contribution in [2.75, 3.05) is 26.7 Å². The van der Waals surface area contributed by atoms with Gasteiger partial charge in [0, 0.05) is 18.0 Å². The van der Waals surface area contributed by atoms with Gasteiger partial charge in [-0.05, 0) is 61.0 Å². The Morgan fingerprint density at radius 3 is 2.76 bits per heavy atom. The minimum atomic E-state index is 0.196. The Bertz CT molecular complexity index is 652. The molecule has 0 amide bonds. The number of rotatable bonds is 7. The molecule has 3 rings (SSSR count). The lowest BCUT2D eigenvalue weighted by Gasteiger charge is -2.36. The first kappa shape index (κ1) is 18.2. The number of hydrogen-bond donors (Lipinski definition) is 2. The molecular weight excluding hydrogens is 332 g/mol. The van der Waals surface area contributed by atoms with Gasteiger partial charge in [-0.3, -0.25) is 4.90 Å². The van der Waals surface area contributed by atoms with E-state index in [1.54, 1.807) is 13.2 Å². The van der Waals surface area contributed by atoms with E-state index in [9.17, 15) is 5.11 Å². The van der Waals surface area contributed by atoms with E-state index in [-0.39, 0.29) is 5.75 Å². The van der Waals surface area contributed by atoms with Crippen LogP contribution in [0.5, 0.6) is 11.5 Å². The maximum Gasteiger partial charge on any atom is 0.160 e. The van der Waals surface area contributed by atoms with Gasteiger partial charge in [0.15, 0.2) is 11.5 Å². The highest BCUT2D eigenvalue weighted by Crippen LogP contribution is 2.29. The Morgan fingerprint density at radius 1 is 1.32 bits per heavy atom. The van der Waals surface area contributed by atoms with Gasteiger partial charge in [0.1, 0.15) is 0 Å². The molecule has 0 aliphatic carbocycles. The van der Waals surface area contributed by atoms with E-state index in [2.05, 4.69) is 34.7 Å². The molecule has 2 aromatic rings. The maximum atomic E-state index is 9.92. The van der Waals surface area contributed by atoms with Crippen molar-refractivity contribution in [3.05, 3.63) is 46.2 Å². The molecule has 136 valence electrons. The van der Waals surface area contributed by atoms with Crippen LogP contribution in [0.15, 0.2) is 35.7 Å². The zero-order chi connectivity index (χ0) is 17.6. The standard InChI is InChI=1S/C20H28N2O2S/c1-15-7-9-22(10-8-15)17(20-4-3-11-25-20)14-21-13-16-5-6-19(24-2)18(23)12-16/h3-6,11-12,15,17,21,23H,7-10,13-14H2,1-2H3/t17-/m1/s1. The number of hydrogen-bond acceptors (Lipinski definition) is 5. The summed E-state index contributed by atoms with van der Waals surface area (Å²) in [7, 11) is 1.57. The third kappa shape index (κ3) is 4.75. The quantitative estimate of drug-likeness (QED) is 0.783. The first-order valence-corrected chi connectivity index (χ1v) is 9.89. The molecule has 1 fully saturated rings. The molecule has 4 nitrogen and oxygen atoms in total. The Hall–Kier alpha value is -1.56. The highest BCUT2D eigenvalue weighted by molar-refractivity contribution is 7.10. The number of nitrogens with one attached hydrogen (secondary N) is 1. The second-order valence-corrected chi connectivity index (χ2v) is 7.87. The van der Waals surface area contributed by atoms with Gasteiger partial charge in [0.05, 0.1) is 13.2 Å². The summed E-state index contributed by atoms with van der Waals surface area (Å²) in [5, 5.41) is 15.7. The summed E-state index contributed by atoms with van der Waals surface area (Å²) in [6.07, 6.45) is 2.57. The SMILES string of the molecule is COc1ccc(CNC[C@H](c2cccs2)N2CCC(C)CC2)cc1O. The van der Waals surface area contributed by atoms with E-state index in [4.69, 9.17) is 4.74 Å². The third-order valence-corrected chi connectivity index (χ3v) is 6.01. The fourth-order valence-electron chi connectivity index (χ4n) is 3.43. The molecular formula is C20H28N2O2S. The Morgan fingerprint density at radius 2 is 2.12 bits per heavy atom. The summed E-state index contributed by atoms with van der Waals surface area (Å²) in [6.45, 7) is 6.36. The number of phenolic OH excluding ortho intramolecular Hbond substituents is 1. The van der Waals surface area contributed by atoms with E-state index < -0.39 is 0 Å². The minimum absolute atomic E-state index is 0.196. The molecule has 1 saturated heterocycles. The van der Waals surface area contributed by atoms with Gasteiger partial charge >= 0.3 is 0 Å². The molecule has 0 radical (unpaired) electrons. The van der Waals surface area contributed by atoms with Crippen LogP contribution in [-0.2, 0) is 6.54 Å². The smallest absolute Gasteiger partial charge is 0.160 e. The average Bonchev–Trinajstić information content (AvgIpc) is 3.14. The van der Waals surface area contributed by atoms with Crippen LogP contribution in [0.2, 0.25) is 0 Å². The van der Waals surface area contributed by atoms with Crippen LogP contribution < -0.4 is 10.1 Å². The average molecular weight is 361 g/mol. The summed E-state index contributed by atoms with van der Waals surface area (Å²) in [4.78, 5) is 4.05. The van der Waals surface area contributed by atoms with Crippen LogP contribution >= 0.6 is 11.3 Å². The van der Waals surface area contributed by atoms with Gasteiger partial charge in [-0.15, -0.1) is 11.3 Å². The Kier molecular flexibility index (Phi) is 6.34. The third-order valence-electron chi connectivity index (χ3n) is 5.04. The molecule has 0 saturated carbocycles.